The number of rotatable bonds is 14. The van der Waals surface area contributed by atoms with Crippen molar-refractivity contribution in [2.24, 2.45) is 0 Å². The molecule has 0 saturated heterocycles. The Morgan fingerprint density at radius 2 is 1.16 bits per heavy atom. The van der Waals surface area contributed by atoms with Crippen LogP contribution in [-0.2, 0) is 19.7 Å². The van der Waals surface area contributed by atoms with E-state index in [-0.39, 0.29) is 41.5 Å². The summed E-state index contributed by atoms with van der Waals surface area (Å²) in [6.07, 6.45) is -0.801. The van der Waals surface area contributed by atoms with Gasteiger partial charge < -0.3 is 25.8 Å². The number of likely N-dealkylation sites (N-methyl/N-ethyl adjacent to an activating group) is 1. The summed E-state index contributed by atoms with van der Waals surface area (Å²) in [5.74, 6) is -6.02. The normalized spacial score (nSPS) is 11.4. The van der Waals surface area contributed by atoms with Gasteiger partial charge in [0.2, 0.25) is 0 Å². The summed E-state index contributed by atoms with van der Waals surface area (Å²) >= 11 is 3.85. The first-order valence-corrected chi connectivity index (χ1v) is 18.4. The molecule has 0 radical (unpaired) electrons. The molecule has 272 valence electrons. The average Bonchev–Trinajstić information content (AvgIpc) is 3.05. The zero-order valence-corrected chi connectivity index (χ0v) is 31.9. The second-order valence-electron chi connectivity index (χ2n) is 10.0. The standard InChI is InChI=1S/C20H25F3IN3O4S.C12H8F3IN2/c1-4-27(12-18(30-5-2)31-6-3)32(28,29)26-17-10-8-14(21)19(23)20(17)25-16-9-7-13(24)11-15(16)22;13-7-2-3-9(17)12(11(7)15)18-10-4-1-6(16)5-8(10)14/h7-11,18,25-26H,4-6,12H2,1-3H3;1-5,18H,17H2. The lowest BCUT2D eigenvalue weighted by Gasteiger charge is -2.26. The predicted octanol–water partition coefficient (Wildman–Crippen LogP) is 8.86. The van der Waals surface area contributed by atoms with Crippen molar-refractivity contribution in [3.8, 4) is 0 Å². The van der Waals surface area contributed by atoms with E-state index >= 15 is 0 Å². The molecule has 0 fully saturated rings. The van der Waals surface area contributed by atoms with Gasteiger partial charge in [-0.05, 0) is 120 Å². The summed E-state index contributed by atoms with van der Waals surface area (Å²) in [5, 5.41) is 4.91. The summed E-state index contributed by atoms with van der Waals surface area (Å²) < 4.78 is 124. The third-order valence-electron chi connectivity index (χ3n) is 6.59. The maximum absolute atomic E-state index is 14.6. The number of halogens is 8. The van der Waals surface area contributed by atoms with Gasteiger partial charge in [0.25, 0.3) is 0 Å². The Hall–Kier alpha value is -3.05. The number of nitrogen functional groups attached to an aromatic ring is 1. The number of nitrogens with zero attached hydrogens (tertiary/aromatic N) is 1. The quantitative estimate of drug-likeness (QED) is 0.0432. The van der Waals surface area contributed by atoms with Crippen LogP contribution in [0.5, 0.6) is 0 Å². The molecule has 0 bridgehead atoms. The molecule has 0 aliphatic carbocycles. The number of nitrogens with two attached hydrogens (primary N) is 1. The molecule has 0 heterocycles. The van der Waals surface area contributed by atoms with Crippen LogP contribution in [0.3, 0.4) is 0 Å². The zero-order valence-electron chi connectivity index (χ0n) is 26.8. The van der Waals surface area contributed by atoms with Crippen molar-refractivity contribution in [1.82, 2.24) is 4.31 Å². The Morgan fingerprint density at radius 1 is 0.700 bits per heavy atom. The van der Waals surface area contributed by atoms with Gasteiger partial charge >= 0.3 is 10.2 Å². The molecule has 4 rings (SSSR count). The van der Waals surface area contributed by atoms with E-state index < -0.39 is 57.1 Å². The van der Waals surface area contributed by atoms with Gasteiger partial charge in [0, 0.05) is 26.9 Å². The van der Waals surface area contributed by atoms with E-state index in [2.05, 4.69) is 15.4 Å². The molecule has 0 atom stereocenters. The molecule has 4 aromatic rings. The summed E-state index contributed by atoms with van der Waals surface area (Å²) in [7, 11) is -4.22. The van der Waals surface area contributed by atoms with Crippen LogP contribution < -0.4 is 21.1 Å². The van der Waals surface area contributed by atoms with Crippen molar-refractivity contribution >= 4 is 89.5 Å². The summed E-state index contributed by atoms with van der Waals surface area (Å²) in [5.41, 5.74) is 4.32. The molecule has 0 saturated carbocycles. The van der Waals surface area contributed by atoms with Gasteiger partial charge in [-0.15, -0.1) is 0 Å². The average molecular weight is 952 g/mol. The topological polar surface area (TPSA) is 118 Å². The second-order valence-corrected chi connectivity index (χ2v) is 14.2. The monoisotopic (exact) mass is 951 g/mol. The third-order valence-corrected chi connectivity index (χ3v) is 9.50. The van der Waals surface area contributed by atoms with E-state index in [1.807, 2.05) is 45.2 Å². The number of ether oxygens (including phenoxy) is 2. The minimum absolute atomic E-state index is 0.00634. The summed E-state index contributed by atoms with van der Waals surface area (Å²) in [6, 6.07) is 12.4. The van der Waals surface area contributed by atoms with E-state index in [0.717, 1.165) is 22.5 Å². The molecular formula is C32H33F6I2N5O4S. The highest BCUT2D eigenvalue weighted by molar-refractivity contribution is 14.1. The number of benzene rings is 4. The van der Waals surface area contributed by atoms with Crippen molar-refractivity contribution in [2.45, 2.75) is 27.1 Å². The van der Waals surface area contributed by atoms with E-state index in [0.29, 0.717) is 20.4 Å². The molecular weight excluding hydrogens is 918 g/mol. The lowest BCUT2D eigenvalue weighted by molar-refractivity contribution is -0.140. The molecule has 0 aromatic heterocycles. The maximum Gasteiger partial charge on any atom is 0.301 e. The Labute approximate surface area is 313 Å². The summed E-state index contributed by atoms with van der Waals surface area (Å²) in [6.45, 7) is 5.68. The zero-order chi connectivity index (χ0) is 37.2. The molecule has 18 heteroatoms. The number of nitrogens with one attached hydrogen (secondary N) is 3. The Morgan fingerprint density at radius 3 is 1.64 bits per heavy atom. The minimum Gasteiger partial charge on any atom is -0.397 e. The molecule has 0 spiro atoms. The van der Waals surface area contributed by atoms with E-state index in [1.54, 1.807) is 32.9 Å². The molecule has 50 heavy (non-hydrogen) atoms. The van der Waals surface area contributed by atoms with Gasteiger partial charge in [-0.25, -0.2) is 26.3 Å². The van der Waals surface area contributed by atoms with Gasteiger partial charge in [-0.3, -0.25) is 4.72 Å². The first-order valence-electron chi connectivity index (χ1n) is 14.8. The van der Waals surface area contributed by atoms with Crippen LogP contribution in [0.4, 0.5) is 60.5 Å². The molecule has 5 N–H and O–H groups in total. The van der Waals surface area contributed by atoms with E-state index in [9.17, 15) is 34.8 Å². The Kier molecular flexibility index (Phi) is 15.7. The smallest absolute Gasteiger partial charge is 0.301 e. The Bertz CT molecular complexity index is 1890. The van der Waals surface area contributed by atoms with Gasteiger partial charge in [0.15, 0.2) is 29.6 Å². The van der Waals surface area contributed by atoms with Crippen molar-refractivity contribution in [3.05, 3.63) is 103 Å². The van der Waals surface area contributed by atoms with Crippen LogP contribution >= 0.6 is 45.2 Å². The molecule has 0 amide bonds. The fourth-order valence-electron chi connectivity index (χ4n) is 4.19. The molecule has 4 aromatic carbocycles. The fourth-order valence-corrected chi connectivity index (χ4v) is 6.34. The van der Waals surface area contributed by atoms with E-state index in [1.165, 1.54) is 30.3 Å². The van der Waals surface area contributed by atoms with Crippen molar-refractivity contribution in [2.75, 3.05) is 47.4 Å². The van der Waals surface area contributed by atoms with Crippen LogP contribution in [0.1, 0.15) is 20.8 Å². The van der Waals surface area contributed by atoms with Crippen molar-refractivity contribution in [1.29, 1.82) is 0 Å². The Balaban J connectivity index is 0.000000316. The SMILES string of the molecule is CCOC(CN(CC)S(=O)(=O)Nc1ccc(F)c(F)c1Nc1ccc(I)cc1F)OCC.Nc1ccc(F)c(F)c1Nc1ccc(I)cc1F. The predicted molar refractivity (Wildman–Crippen MR) is 199 cm³/mol. The number of hydrogen-bond acceptors (Lipinski definition) is 7. The first kappa shape index (κ1) is 41.4. The van der Waals surface area contributed by atoms with Crippen LogP contribution in [-0.4, -0.2) is 45.3 Å². The van der Waals surface area contributed by atoms with Crippen LogP contribution in [0, 0.1) is 42.0 Å². The van der Waals surface area contributed by atoms with Crippen LogP contribution in [0.2, 0.25) is 0 Å². The maximum atomic E-state index is 14.6. The highest BCUT2D eigenvalue weighted by atomic mass is 127. The summed E-state index contributed by atoms with van der Waals surface area (Å²) in [4.78, 5) is 0. The van der Waals surface area contributed by atoms with Crippen molar-refractivity contribution in [3.63, 3.8) is 0 Å². The van der Waals surface area contributed by atoms with Gasteiger partial charge in [0.05, 0.1) is 29.3 Å². The number of hydrogen-bond donors (Lipinski definition) is 4. The highest BCUT2D eigenvalue weighted by Gasteiger charge is 2.27. The lowest BCUT2D eigenvalue weighted by Crippen LogP contribution is -2.42. The molecule has 0 aliphatic rings. The lowest BCUT2D eigenvalue weighted by atomic mass is 10.2. The first-order chi connectivity index (χ1) is 23.6. The second kappa shape index (κ2) is 19.0. The highest BCUT2D eigenvalue weighted by Crippen LogP contribution is 2.33. The van der Waals surface area contributed by atoms with Gasteiger partial charge in [-0.2, -0.15) is 12.7 Å². The van der Waals surface area contributed by atoms with Crippen LogP contribution in [0.25, 0.3) is 0 Å². The van der Waals surface area contributed by atoms with Crippen LogP contribution in [0.15, 0.2) is 60.7 Å². The molecule has 0 unspecified atom stereocenters. The van der Waals surface area contributed by atoms with E-state index in [4.69, 9.17) is 15.2 Å². The van der Waals surface area contributed by atoms with Gasteiger partial charge in [-0.1, -0.05) is 6.92 Å². The molecule has 0 aliphatic heterocycles. The minimum atomic E-state index is -4.22. The van der Waals surface area contributed by atoms with Gasteiger partial charge in [0.1, 0.15) is 23.0 Å². The number of anilines is 6. The largest absolute Gasteiger partial charge is 0.397 e. The molecule has 9 nitrogen and oxygen atoms in total. The fraction of sp³-hybridized carbons (Fsp3) is 0.250. The van der Waals surface area contributed by atoms with Crippen molar-refractivity contribution < 1.29 is 44.2 Å². The third kappa shape index (κ3) is 11.2.